The Bertz CT molecular complexity index is 903. The van der Waals surface area contributed by atoms with Crippen LogP contribution >= 0.6 is 0 Å². The molecule has 0 amide bonds. The standard InChI is InChI=1S/C22H26O5/c1-12-15(13-8-10-14(26-6)11-9-13)22(5)17(19(25)27-7)16(18(23)24)21(12,4)20(22,2)3/h8-11H,1-7H3,(H,23,24)/t21-,22+/m0/s1. The maximum atomic E-state index is 12.8. The molecule has 0 spiro atoms. The average Bonchev–Trinajstić information content (AvgIpc) is 2.84. The van der Waals surface area contributed by atoms with E-state index in [1.165, 1.54) is 7.11 Å². The van der Waals surface area contributed by atoms with Crippen molar-refractivity contribution in [2.75, 3.05) is 14.2 Å². The second-order valence-electron chi connectivity index (χ2n) is 8.15. The van der Waals surface area contributed by atoms with E-state index in [4.69, 9.17) is 9.47 Å². The van der Waals surface area contributed by atoms with Crippen LogP contribution in [0.5, 0.6) is 5.75 Å². The summed E-state index contributed by atoms with van der Waals surface area (Å²) < 4.78 is 10.3. The van der Waals surface area contributed by atoms with E-state index in [1.807, 2.05) is 58.9 Å². The van der Waals surface area contributed by atoms with Crippen LogP contribution in [0.2, 0.25) is 0 Å². The molecule has 0 aliphatic heterocycles. The van der Waals surface area contributed by atoms with Crippen molar-refractivity contribution in [1.82, 2.24) is 0 Å². The minimum Gasteiger partial charge on any atom is -0.497 e. The van der Waals surface area contributed by atoms with E-state index in [1.54, 1.807) is 7.11 Å². The zero-order chi connectivity index (χ0) is 20.4. The highest BCUT2D eigenvalue weighted by molar-refractivity contribution is 6.09. The molecular weight excluding hydrogens is 344 g/mol. The number of aliphatic carboxylic acids is 1. The maximum Gasteiger partial charge on any atom is 0.335 e. The van der Waals surface area contributed by atoms with Gasteiger partial charge in [0.15, 0.2) is 0 Å². The van der Waals surface area contributed by atoms with Crippen molar-refractivity contribution >= 4 is 17.5 Å². The zero-order valence-corrected chi connectivity index (χ0v) is 16.9. The highest BCUT2D eigenvalue weighted by atomic mass is 16.5. The number of carboxylic acids is 1. The van der Waals surface area contributed by atoms with Crippen molar-refractivity contribution in [2.45, 2.75) is 34.6 Å². The Labute approximate surface area is 159 Å². The van der Waals surface area contributed by atoms with Gasteiger partial charge < -0.3 is 14.6 Å². The van der Waals surface area contributed by atoms with Crippen molar-refractivity contribution in [2.24, 2.45) is 16.2 Å². The molecule has 1 aromatic carbocycles. The third-order valence-corrected chi connectivity index (χ3v) is 7.36. The predicted octanol–water partition coefficient (Wildman–Crippen LogP) is 4.09. The summed E-state index contributed by atoms with van der Waals surface area (Å²) >= 11 is 0. The summed E-state index contributed by atoms with van der Waals surface area (Å²) in [4.78, 5) is 25.0. The molecule has 1 aromatic rings. The lowest BCUT2D eigenvalue weighted by molar-refractivity contribution is -0.138. The Morgan fingerprint density at radius 3 is 1.93 bits per heavy atom. The second kappa shape index (κ2) is 5.72. The summed E-state index contributed by atoms with van der Waals surface area (Å²) in [5, 5.41) is 10.0. The van der Waals surface area contributed by atoms with E-state index < -0.39 is 28.2 Å². The molecule has 144 valence electrons. The fourth-order valence-electron chi connectivity index (χ4n) is 5.34. The molecule has 5 nitrogen and oxygen atoms in total. The number of esters is 1. The van der Waals surface area contributed by atoms with Crippen molar-refractivity contribution in [3.63, 3.8) is 0 Å². The molecular formula is C22H26O5. The van der Waals surface area contributed by atoms with Crippen molar-refractivity contribution in [1.29, 1.82) is 0 Å². The number of hydrogen-bond donors (Lipinski definition) is 1. The normalized spacial score (nSPS) is 28.6. The van der Waals surface area contributed by atoms with Crippen LogP contribution in [0.4, 0.5) is 0 Å². The minimum atomic E-state index is -1.07. The molecule has 0 aromatic heterocycles. The van der Waals surface area contributed by atoms with Crippen LogP contribution in [0.3, 0.4) is 0 Å². The first-order valence-corrected chi connectivity index (χ1v) is 8.93. The largest absolute Gasteiger partial charge is 0.497 e. The van der Waals surface area contributed by atoms with Crippen molar-refractivity contribution in [3.05, 3.63) is 46.5 Å². The topological polar surface area (TPSA) is 72.8 Å². The van der Waals surface area contributed by atoms with Gasteiger partial charge in [-0.15, -0.1) is 0 Å². The van der Waals surface area contributed by atoms with Gasteiger partial charge in [0, 0.05) is 10.8 Å². The predicted molar refractivity (Wildman–Crippen MR) is 102 cm³/mol. The highest BCUT2D eigenvalue weighted by Crippen LogP contribution is 2.77. The molecule has 2 bridgehead atoms. The molecule has 0 saturated heterocycles. The van der Waals surface area contributed by atoms with Crippen LogP contribution in [-0.4, -0.2) is 31.3 Å². The molecule has 0 heterocycles. The second-order valence-corrected chi connectivity index (χ2v) is 8.15. The number of allylic oxidation sites excluding steroid dienone is 2. The Morgan fingerprint density at radius 2 is 1.48 bits per heavy atom. The Balaban J connectivity index is 2.36. The van der Waals surface area contributed by atoms with Gasteiger partial charge in [0.25, 0.3) is 0 Å². The Kier molecular flexibility index (Phi) is 4.07. The Hall–Kier alpha value is -2.56. The van der Waals surface area contributed by atoms with Gasteiger partial charge in [-0.3, -0.25) is 0 Å². The van der Waals surface area contributed by atoms with Crippen LogP contribution in [0.15, 0.2) is 41.0 Å². The van der Waals surface area contributed by atoms with Gasteiger partial charge in [-0.2, -0.15) is 0 Å². The SMILES string of the molecule is COC(=O)C1=C(C(=O)O)[C@]2(C)C(C)=C(c3ccc(OC)cc3)[C@@]1(C)C2(C)C. The summed E-state index contributed by atoms with van der Waals surface area (Å²) in [6.07, 6.45) is 0. The van der Waals surface area contributed by atoms with Crippen LogP contribution in [0.25, 0.3) is 5.57 Å². The lowest BCUT2D eigenvalue weighted by Gasteiger charge is -2.42. The van der Waals surface area contributed by atoms with Gasteiger partial charge in [-0.1, -0.05) is 45.4 Å². The van der Waals surface area contributed by atoms with Gasteiger partial charge >= 0.3 is 11.9 Å². The highest BCUT2D eigenvalue weighted by Gasteiger charge is 2.72. The minimum absolute atomic E-state index is 0.150. The first-order valence-electron chi connectivity index (χ1n) is 8.93. The number of ether oxygens (including phenoxy) is 2. The fraction of sp³-hybridized carbons (Fsp3) is 0.455. The molecule has 0 fully saturated rings. The number of fused-ring (bicyclic) bond motifs is 2. The van der Waals surface area contributed by atoms with Crippen LogP contribution in [0.1, 0.15) is 40.2 Å². The quantitative estimate of drug-likeness (QED) is 0.808. The number of carboxylic acid groups (broad SMARTS) is 1. The maximum absolute atomic E-state index is 12.8. The fourth-order valence-corrected chi connectivity index (χ4v) is 5.34. The summed E-state index contributed by atoms with van der Waals surface area (Å²) in [6.45, 7) is 9.93. The van der Waals surface area contributed by atoms with E-state index in [2.05, 4.69) is 0 Å². The number of benzene rings is 1. The number of rotatable bonds is 4. The van der Waals surface area contributed by atoms with Gasteiger partial charge in [-0.25, -0.2) is 9.59 Å². The lowest BCUT2D eigenvalue weighted by Crippen LogP contribution is -2.39. The summed E-state index contributed by atoms with van der Waals surface area (Å²) in [5.41, 5.74) is 1.23. The number of methoxy groups -OCH3 is 2. The van der Waals surface area contributed by atoms with E-state index >= 15 is 0 Å². The lowest BCUT2D eigenvalue weighted by atomic mass is 9.59. The smallest absolute Gasteiger partial charge is 0.335 e. The van der Waals surface area contributed by atoms with Gasteiger partial charge in [0.05, 0.1) is 25.4 Å². The molecule has 1 N–H and O–H groups in total. The zero-order valence-electron chi connectivity index (χ0n) is 16.9. The summed E-state index contributed by atoms with van der Waals surface area (Å²) in [7, 11) is 2.91. The van der Waals surface area contributed by atoms with Crippen molar-refractivity contribution < 1.29 is 24.2 Å². The molecule has 27 heavy (non-hydrogen) atoms. The first-order chi connectivity index (χ1) is 12.5. The van der Waals surface area contributed by atoms with E-state index in [0.717, 1.165) is 22.5 Å². The van der Waals surface area contributed by atoms with E-state index in [-0.39, 0.29) is 11.1 Å². The molecule has 3 rings (SSSR count). The molecule has 2 aliphatic rings. The number of hydrogen-bond acceptors (Lipinski definition) is 4. The Morgan fingerprint density at radius 1 is 0.926 bits per heavy atom. The molecule has 2 aliphatic carbocycles. The van der Waals surface area contributed by atoms with Crippen LogP contribution in [-0.2, 0) is 14.3 Å². The molecule has 0 saturated carbocycles. The van der Waals surface area contributed by atoms with Crippen LogP contribution in [0, 0.1) is 16.2 Å². The third-order valence-electron chi connectivity index (χ3n) is 7.36. The van der Waals surface area contributed by atoms with E-state index in [0.29, 0.717) is 0 Å². The molecule has 2 atom stereocenters. The number of carbonyl (C=O) groups excluding carboxylic acids is 1. The van der Waals surface area contributed by atoms with Crippen molar-refractivity contribution in [3.8, 4) is 5.75 Å². The monoisotopic (exact) mass is 370 g/mol. The third kappa shape index (κ3) is 2.00. The average molecular weight is 370 g/mol. The number of carbonyl (C=O) groups is 2. The molecule has 0 unspecified atom stereocenters. The summed E-state index contributed by atoms with van der Waals surface area (Å²) in [5.74, 6) is -0.904. The van der Waals surface area contributed by atoms with Crippen LogP contribution < -0.4 is 4.74 Å². The van der Waals surface area contributed by atoms with Gasteiger partial charge in [0.1, 0.15) is 5.75 Å². The first kappa shape index (κ1) is 19.2. The van der Waals surface area contributed by atoms with Gasteiger partial charge in [-0.05, 0) is 35.6 Å². The molecule has 5 heteroatoms. The molecule has 0 radical (unpaired) electrons. The van der Waals surface area contributed by atoms with E-state index in [9.17, 15) is 14.7 Å². The van der Waals surface area contributed by atoms with Gasteiger partial charge in [0.2, 0.25) is 0 Å². The summed E-state index contributed by atoms with van der Waals surface area (Å²) in [6, 6.07) is 7.66.